The van der Waals surface area contributed by atoms with E-state index in [0.29, 0.717) is 43.6 Å². The highest BCUT2D eigenvalue weighted by molar-refractivity contribution is 5.88. The number of aliphatic hydroxyl groups is 2. The van der Waals surface area contributed by atoms with Gasteiger partial charge in [-0.3, -0.25) is 0 Å². The van der Waals surface area contributed by atoms with Crippen molar-refractivity contribution in [3.8, 4) is 0 Å². The van der Waals surface area contributed by atoms with Gasteiger partial charge in [0, 0.05) is 29.6 Å². The van der Waals surface area contributed by atoms with Crippen molar-refractivity contribution in [3.63, 3.8) is 0 Å². The summed E-state index contributed by atoms with van der Waals surface area (Å²) < 4.78 is 85.4. The second kappa shape index (κ2) is 11.9. The standard InChI is InChI=1S/C40H45F5O6/c1-34(2)22-50-37(51-23-34)17-14-31-32-28(13-16-36(31,48)21-37)30-15-18-38(49,39(41,42)40(43,44)45)35(30,3)20-29(32)26-11-9-24(10-12-26)7-8-25-5-4-6-27(19-25)33(46)47/h4-12,19,28-30,48-49H,13-18,20-23H2,1-3H3,(H,46,47)/b8-7+/t28-,29+,30-,35-,36+,38-/m0/s1. The van der Waals surface area contributed by atoms with Crippen LogP contribution in [0.4, 0.5) is 22.0 Å². The Balaban J connectivity index is 1.28. The molecule has 7 rings (SSSR count). The highest BCUT2D eigenvalue weighted by Crippen LogP contribution is 2.71. The number of alkyl halides is 5. The van der Waals surface area contributed by atoms with Crippen molar-refractivity contribution in [2.45, 2.75) is 107 Å². The Labute approximate surface area is 294 Å². The van der Waals surface area contributed by atoms with Gasteiger partial charge in [0.2, 0.25) is 0 Å². The van der Waals surface area contributed by atoms with E-state index in [1.54, 1.807) is 30.4 Å². The van der Waals surface area contributed by atoms with Crippen molar-refractivity contribution in [1.82, 2.24) is 0 Å². The van der Waals surface area contributed by atoms with Crippen LogP contribution < -0.4 is 0 Å². The molecule has 6 atom stereocenters. The van der Waals surface area contributed by atoms with Crippen LogP contribution in [-0.4, -0.2) is 63.6 Å². The van der Waals surface area contributed by atoms with Crippen LogP contribution in [0.3, 0.4) is 0 Å². The molecule has 2 aromatic rings. The van der Waals surface area contributed by atoms with Crippen molar-refractivity contribution in [1.29, 1.82) is 0 Å². The van der Waals surface area contributed by atoms with Gasteiger partial charge < -0.3 is 24.8 Å². The van der Waals surface area contributed by atoms with Crippen LogP contribution in [0.25, 0.3) is 12.2 Å². The molecule has 0 aromatic heterocycles. The number of fused-ring (bicyclic) bond motifs is 4. The zero-order valence-electron chi connectivity index (χ0n) is 29.0. The summed E-state index contributed by atoms with van der Waals surface area (Å²) in [4.78, 5) is 11.4. The van der Waals surface area contributed by atoms with Crippen LogP contribution in [0, 0.1) is 22.7 Å². The zero-order chi connectivity index (χ0) is 36.8. The molecule has 11 heteroatoms. The highest BCUT2D eigenvalue weighted by atomic mass is 19.4. The van der Waals surface area contributed by atoms with Crippen LogP contribution in [0.2, 0.25) is 0 Å². The molecule has 0 radical (unpaired) electrons. The van der Waals surface area contributed by atoms with Gasteiger partial charge in [-0.1, -0.05) is 74.9 Å². The fourth-order valence-corrected chi connectivity index (χ4v) is 10.1. The number of carbonyl (C=O) groups is 1. The normalized spacial score (nSPS) is 34.7. The largest absolute Gasteiger partial charge is 0.478 e. The lowest BCUT2D eigenvalue weighted by Gasteiger charge is -2.59. The second-order valence-corrected chi connectivity index (χ2v) is 16.6. The molecule has 3 saturated carbocycles. The minimum Gasteiger partial charge on any atom is -0.478 e. The molecule has 5 aliphatic rings. The maximum absolute atomic E-state index is 15.4. The minimum absolute atomic E-state index is 0.0172. The molecule has 1 saturated heterocycles. The van der Waals surface area contributed by atoms with Gasteiger partial charge in [-0.05, 0) is 84.8 Å². The molecule has 0 amide bonds. The van der Waals surface area contributed by atoms with E-state index < -0.39 is 64.6 Å². The Hall–Kier alpha value is -3.12. The van der Waals surface area contributed by atoms with Crippen molar-refractivity contribution in [2.75, 3.05) is 13.2 Å². The molecular weight excluding hydrogens is 671 g/mol. The van der Waals surface area contributed by atoms with Gasteiger partial charge in [0.1, 0.15) is 5.60 Å². The maximum Gasteiger partial charge on any atom is 0.456 e. The third-order valence-electron chi connectivity index (χ3n) is 12.8. The number of hydrogen-bond acceptors (Lipinski definition) is 5. The summed E-state index contributed by atoms with van der Waals surface area (Å²) in [5.74, 6) is -8.98. The molecule has 0 unspecified atom stereocenters. The van der Waals surface area contributed by atoms with E-state index in [4.69, 9.17) is 9.47 Å². The van der Waals surface area contributed by atoms with E-state index >= 15 is 8.78 Å². The number of hydrogen-bond donors (Lipinski definition) is 3. The van der Waals surface area contributed by atoms with Crippen LogP contribution in [0.15, 0.2) is 59.7 Å². The molecule has 6 nitrogen and oxygen atoms in total. The summed E-state index contributed by atoms with van der Waals surface area (Å²) in [6.45, 7) is 6.44. The minimum atomic E-state index is -5.93. The molecule has 3 N–H and O–H groups in total. The molecule has 0 bridgehead atoms. The Morgan fingerprint density at radius 2 is 1.55 bits per heavy atom. The number of carboxylic acid groups (broad SMARTS) is 1. The number of rotatable bonds is 5. The lowest BCUT2D eigenvalue weighted by molar-refractivity contribution is -0.362. The van der Waals surface area contributed by atoms with Crippen LogP contribution >= 0.6 is 0 Å². The first kappa shape index (κ1) is 36.2. The van der Waals surface area contributed by atoms with E-state index in [1.165, 1.54) is 13.0 Å². The van der Waals surface area contributed by atoms with E-state index in [2.05, 4.69) is 0 Å². The first-order valence-electron chi connectivity index (χ1n) is 17.8. The smallest absolute Gasteiger partial charge is 0.456 e. The first-order chi connectivity index (χ1) is 23.7. The average molecular weight is 717 g/mol. The quantitative estimate of drug-likeness (QED) is 0.163. The highest BCUT2D eigenvalue weighted by Gasteiger charge is 2.79. The van der Waals surface area contributed by atoms with Crippen LogP contribution in [-0.2, 0) is 9.47 Å². The fourth-order valence-electron chi connectivity index (χ4n) is 10.1. The summed E-state index contributed by atoms with van der Waals surface area (Å²) in [6.07, 6.45) is -1.38. The summed E-state index contributed by atoms with van der Waals surface area (Å²) in [7, 11) is 0. The number of carboxylic acids is 1. The van der Waals surface area contributed by atoms with E-state index in [-0.39, 0.29) is 36.7 Å². The van der Waals surface area contributed by atoms with Gasteiger partial charge in [0.25, 0.3) is 0 Å². The van der Waals surface area contributed by atoms with Crippen molar-refractivity contribution in [3.05, 3.63) is 81.9 Å². The molecule has 2 aromatic carbocycles. The molecule has 1 aliphatic heterocycles. The SMILES string of the molecule is CC1(C)COC2(CCC3=C4[C@@H](CC[C@@]3(O)C2)[C@@H]2CC[C@@](O)(C(F)(F)C(F)(F)F)[C@@]2(C)C[C@@H]4c2ccc(/C=C/c3cccc(C(=O)O)c3)cc2)OC1. The lowest BCUT2D eigenvalue weighted by atomic mass is 9.49. The molecule has 4 fully saturated rings. The van der Waals surface area contributed by atoms with E-state index in [0.717, 1.165) is 16.7 Å². The summed E-state index contributed by atoms with van der Waals surface area (Å²) in [6, 6.07) is 13.8. The second-order valence-electron chi connectivity index (χ2n) is 16.6. The van der Waals surface area contributed by atoms with Crippen molar-refractivity contribution in [2.24, 2.45) is 22.7 Å². The molecule has 276 valence electrons. The zero-order valence-corrected chi connectivity index (χ0v) is 29.0. The average Bonchev–Trinajstić information content (AvgIpc) is 3.35. The van der Waals surface area contributed by atoms with Crippen LogP contribution in [0.1, 0.15) is 105 Å². The summed E-state index contributed by atoms with van der Waals surface area (Å²) in [5, 5.41) is 33.3. The molecular formula is C40H45F5O6. The number of ether oxygens (including phenoxy) is 2. The van der Waals surface area contributed by atoms with Crippen LogP contribution in [0.5, 0.6) is 0 Å². The van der Waals surface area contributed by atoms with Gasteiger partial charge in [0.05, 0.1) is 24.4 Å². The maximum atomic E-state index is 15.4. The van der Waals surface area contributed by atoms with E-state index in [9.17, 15) is 33.3 Å². The lowest BCUT2D eigenvalue weighted by Crippen LogP contribution is -2.65. The monoisotopic (exact) mass is 716 g/mol. The van der Waals surface area contributed by atoms with Gasteiger partial charge in [-0.25, -0.2) is 4.79 Å². The summed E-state index contributed by atoms with van der Waals surface area (Å²) >= 11 is 0. The Morgan fingerprint density at radius 1 is 0.882 bits per heavy atom. The third-order valence-corrected chi connectivity index (χ3v) is 12.8. The molecule has 51 heavy (non-hydrogen) atoms. The Kier molecular flexibility index (Phi) is 8.49. The number of aromatic carboxylic acids is 1. The molecule has 1 spiro atoms. The van der Waals surface area contributed by atoms with E-state index in [1.807, 2.05) is 38.1 Å². The number of allylic oxidation sites excluding steroid dienone is 1. The fraction of sp³-hybridized carbons (Fsp3) is 0.575. The van der Waals surface area contributed by atoms with Crippen molar-refractivity contribution >= 4 is 18.1 Å². The van der Waals surface area contributed by atoms with Crippen molar-refractivity contribution < 1.29 is 51.5 Å². The van der Waals surface area contributed by atoms with Gasteiger partial charge in [0.15, 0.2) is 5.79 Å². The Bertz CT molecular complexity index is 1750. The van der Waals surface area contributed by atoms with Gasteiger partial charge >= 0.3 is 18.1 Å². The topological polar surface area (TPSA) is 96.2 Å². The summed E-state index contributed by atoms with van der Waals surface area (Å²) in [5.41, 5.74) is -2.55. The van der Waals surface area contributed by atoms with Gasteiger partial charge in [-0.2, -0.15) is 22.0 Å². The molecule has 1 heterocycles. The first-order valence-corrected chi connectivity index (χ1v) is 17.8. The predicted octanol–water partition coefficient (Wildman–Crippen LogP) is 8.78. The Morgan fingerprint density at radius 3 is 2.20 bits per heavy atom. The predicted molar refractivity (Wildman–Crippen MR) is 180 cm³/mol. The third kappa shape index (κ3) is 5.77. The number of halogens is 5. The van der Waals surface area contributed by atoms with Gasteiger partial charge in [-0.15, -0.1) is 0 Å². The molecule has 4 aliphatic carbocycles. The number of benzene rings is 2.